The molecule has 132 valence electrons. The first-order valence-electron chi connectivity index (χ1n) is 8.34. The predicted molar refractivity (Wildman–Crippen MR) is 92.7 cm³/mol. The Bertz CT molecular complexity index is 576. The Balaban J connectivity index is 2.79. The van der Waals surface area contributed by atoms with Crippen LogP contribution in [0, 0.1) is 11.8 Å². The summed E-state index contributed by atoms with van der Waals surface area (Å²) in [6.07, 6.45) is 0.658. The molecule has 0 radical (unpaired) electrons. The highest BCUT2D eigenvalue weighted by Crippen LogP contribution is 2.13. The Morgan fingerprint density at radius 1 is 0.917 bits per heavy atom. The fourth-order valence-corrected chi connectivity index (χ4v) is 2.16. The average molecular weight is 333 g/mol. The quantitative estimate of drug-likeness (QED) is 0.728. The van der Waals surface area contributed by atoms with E-state index in [9.17, 15) is 19.5 Å². The van der Waals surface area contributed by atoms with E-state index in [-0.39, 0.29) is 47.9 Å². The van der Waals surface area contributed by atoms with Gasteiger partial charge in [0.05, 0.1) is 6.04 Å². The SMILES string of the molecule is CC(C)C(=O)CCC(=O)[C@H](Cc1ccc(O)cc1)NC(=O)C(C)C. The van der Waals surface area contributed by atoms with E-state index in [4.69, 9.17) is 0 Å². The molecule has 0 aromatic heterocycles. The van der Waals surface area contributed by atoms with E-state index in [1.54, 1.807) is 52.0 Å². The lowest BCUT2D eigenvalue weighted by Gasteiger charge is -2.19. The highest BCUT2D eigenvalue weighted by atomic mass is 16.3. The molecule has 0 spiro atoms. The number of phenolic OH excluding ortho intramolecular Hbond substituents is 1. The number of hydrogen-bond acceptors (Lipinski definition) is 4. The second-order valence-corrected chi connectivity index (χ2v) is 6.67. The maximum Gasteiger partial charge on any atom is 0.223 e. The summed E-state index contributed by atoms with van der Waals surface area (Å²) in [5.41, 5.74) is 0.838. The normalized spacial score (nSPS) is 12.2. The highest BCUT2D eigenvalue weighted by molar-refractivity contribution is 5.92. The zero-order chi connectivity index (χ0) is 18.3. The summed E-state index contributed by atoms with van der Waals surface area (Å²) in [4.78, 5) is 36.2. The van der Waals surface area contributed by atoms with Crippen molar-refractivity contribution in [3.8, 4) is 5.75 Å². The van der Waals surface area contributed by atoms with Crippen molar-refractivity contribution >= 4 is 17.5 Å². The second kappa shape index (κ2) is 9.21. The molecule has 0 aliphatic rings. The van der Waals surface area contributed by atoms with E-state index in [2.05, 4.69) is 5.32 Å². The fourth-order valence-electron chi connectivity index (χ4n) is 2.16. The summed E-state index contributed by atoms with van der Waals surface area (Å²) >= 11 is 0. The summed E-state index contributed by atoms with van der Waals surface area (Å²) in [6.45, 7) is 7.14. The standard InChI is InChI=1S/C19H27NO4/c1-12(2)17(22)9-10-18(23)16(20-19(24)13(3)4)11-14-5-7-15(21)8-6-14/h5-8,12-13,16,21H,9-11H2,1-4H3,(H,20,24)/t16-/m0/s1. The average Bonchev–Trinajstić information content (AvgIpc) is 2.53. The molecule has 0 saturated heterocycles. The van der Waals surface area contributed by atoms with Gasteiger partial charge >= 0.3 is 0 Å². The van der Waals surface area contributed by atoms with E-state index < -0.39 is 6.04 Å². The minimum atomic E-state index is -0.663. The van der Waals surface area contributed by atoms with Crippen molar-refractivity contribution in [3.05, 3.63) is 29.8 Å². The van der Waals surface area contributed by atoms with Crippen molar-refractivity contribution in [3.63, 3.8) is 0 Å². The number of carbonyl (C=O) groups is 3. The zero-order valence-corrected chi connectivity index (χ0v) is 14.8. The molecule has 1 aromatic carbocycles. The monoisotopic (exact) mass is 333 g/mol. The third kappa shape index (κ3) is 6.52. The number of carbonyl (C=O) groups excluding carboxylic acids is 3. The van der Waals surface area contributed by atoms with Gasteiger partial charge < -0.3 is 10.4 Å². The van der Waals surface area contributed by atoms with Crippen molar-refractivity contribution in [1.82, 2.24) is 5.32 Å². The molecular weight excluding hydrogens is 306 g/mol. The lowest BCUT2D eigenvalue weighted by molar-refractivity contribution is -0.130. The van der Waals surface area contributed by atoms with Crippen LogP contribution >= 0.6 is 0 Å². The Hall–Kier alpha value is -2.17. The van der Waals surface area contributed by atoms with E-state index in [0.717, 1.165) is 5.56 Å². The van der Waals surface area contributed by atoms with Crippen molar-refractivity contribution in [1.29, 1.82) is 0 Å². The van der Waals surface area contributed by atoms with E-state index in [0.29, 0.717) is 6.42 Å². The number of benzene rings is 1. The van der Waals surface area contributed by atoms with Crippen LogP contribution in [0.1, 0.15) is 46.1 Å². The Labute approximate surface area is 143 Å². The molecule has 24 heavy (non-hydrogen) atoms. The van der Waals surface area contributed by atoms with Gasteiger partial charge in [-0.2, -0.15) is 0 Å². The van der Waals surface area contributed by atoms with Crippen LogP contribution in [0.2, 0.25) is 0 Å². The van der Waals surface area contributed by atoms with Crippen LogP contribution in [0.5, 0.6) is 5.75 Å². The van der Waals surface area contributed by atoms with Gasteiger partial charge in [0, 0.05) is 24.7 Å². The van der Waals surface area contributed by atoms with Crippen LogP contribution in [0.4, 0.5) is 0 Å². The van der Waals surface area contributed by atoms with Gasteiger partial charge in [-0.05, 0) is 24.1 Å². The van der Waals surface area contributed by atoms with Gasteiger partial charge in [0.1, 0.15) is 11.5 Å². The van der Waals surface area contributed by atoms with Crippen molar-refractivity contribution < 1.29 is 19.5 Å². The first kappa shape index (κ1) is 19.9. The molecule has 1 rings (SSSR count). The van der Waals surface area contributed by atoms with E-state index in [1.807, 2.05) is 0 Å². The summed E-state index contributed by atoms with van der Waals surface area (Å²) in [7, 11) is 0. The first-order chi connectivity index (χ1) is 11.2. The Morgan fingerprint density at radius 3 is 1.96 bits per heavy atom. The molecule has 0 saturated carbocycles. The fraction of sp³-hybridized carbons (Fsp3) is 0.526. The summed E-state index contributed by atoms with van der Waals surface area (Å²) in [6, 6.07) is 5.86. The minimum Gasteiger partial charge on any atom is -0.508 e. The van der Waals surface area contributed by atoms with Gasteiger partial charge in [0.25, 0.3) is 0 Å². The van der Waals surface area contributed by atoms with E-state index >= 15 is 0 Å². The molecule has 5 nitrogen and oxygen atoms in total. The molecule has 0 unspecified atom stereocenters. The number of hydrogen-bond donors (Lipinski definition) is 2. The van der Waals surface area contributed by atoms with Gasteiger partial charge in [0.2, 0.25) is 5.91 Å². The molecule has 0 aliphatic heterocycles. The summed E-state index contributed by atoms with van der Waals surface area (Å²) < 4.78 is 0. The number of phenols is 1. The van der Waals surface area contributed by atoms with Crippen LogP contribution in [-0.2, 0) is 20.8 Å². The number of ketones is 2. The lowest BCUT2D eigenvalue weighted by Crippen LogP contribution is -2.44. The first-order valence-corrected chi connectivity index (χ1v) is 8.34. The summed E-state index contributed by atoms with van der Waals surface area (Å²) in [5.74, 6) is -0.471. The Morgan fingerprint density at radius 2 is 1.46 bits per heavy atom. The molecule has 1 aromatic rings. The largest absolute Gasteiger partial charge is 0.508 e. The molecule has 2 N–H and O–H groups in total. The van der Waals surface area contributed by atoms with E-state index in [1.165, 1.54) is 0 Å². The van der Waals surface area contributed by atoms with Crippen LogP contribution in [0.25, 0.3) is 0 Å². The number of rotatable bonds is 9. The van der Waals surface area contributed by atoms with Gasteiger partial charge in [-0.1, -0.05) is 39.8 Å². The van der Waals surface area contributed by atoms with Crippen molar-refractivity contribution in [2.45, 2.75) is 53.0 Å². The molecule has 0 aliphatic carbocycles. The predicted octanol–water partition coefficient (Wildman–Crippen LogP) is 2.65. The third-order valence-corrected chi connectivity index (χ3v) is 3.87. The maximum atomic E-state index is 12.5. The number of aromatic hydroxyl groups is 1. The van der Waals surface area contributed by atoms with Crippen molar-refractivity contribution in [2.24, 2.45) is 11.8 Å². The third-order valence-electron chi connectivity index (χ3n) is 3.87. The Kier molecular flexibility index (Phi) is 7.62. The van der Waals surface area contributed by atoms with Crippen molar-refractivity contribution in [2.75, 3.05) is 0 Å². The van der Waals surface area contributed by atoms with Gasteiger partial charge in [-0.3, -0.25) is 14.4 Å². The van der Waals surface area contributed by atoms with Crippen LogP contribution in [0.15, 0.2) is 24.3 Å². The van der Waals surface area contributed by atoms with Crippen LogP contribution < -0.4 is 5.32 Å². The van der Waals surface area contributed by atoms with Crippen LogP contribution in [0.3, 0.4) is 0 Å². The number of Topliss-reactive ketones (excluding diaryl/α,β-unsaturated/α-hetero) is 2. The van der Waals surface area contributed by atoms with Gasteiger partial charge in [0.15, 0.2) is 5.78 Å². The van der Waals surface area contributed by atoms with Crippen LogP contribution in [-0.4, -0.2) is 28.6 Å². The minimum absolute atomic E-state index is 0.0434. The molecular formula is C19H27NO4. The van der Waals surface area contributed by atoms with Gasteiger partial charge in [-0.25, -0.2) is 0 Å². The topological polar surface area (TPSA) is 83.5 Å². The maximum absolute atomic E-state index is 12.5. The number of amides is 1. The second-order valence-electron chi connectivity index (χ2n) is 6.67. The van der Waals surface area contributed by atoms with Gasteiger partial charge in [-0.15, -0.1) is 0 Å². The molecule has 5 heteroatoms. The summed E-state index contributed by atoms with van der Waals surface area (Å²) in [5, 5.41) is 12.1. The molecule has 0 bridgehead atoms. The smallest absolute Gasteiger partial charge is 0.223 e. The molecule has 0 heterocycles. The highest BCUT2D eigenvalue weighted by Gasteiger charge is 2.23. The zero-order valence-electron chi connectivity index (χ0n) is 14.8. The lowest BCUT2D eigenvalue weighted by atomic mass is 9.96. The molecule has 1 atom stereocenters. The molecule has 1 amide bonds. The number of nitrogens with one attached hydrogen (secondary N) is 1. The molecule has 0 fully saturated rings.